The highest BCUT2D eigenvalue weighted by molar-refractivity contribution is 6.28. The van der Waals surface area contributed by atoms with Crippen LogP contribution in [0.25, 0.3) is 0 Å². The topological polar surface area (TPSA) is 52.0 Å². The average Bonchev–Trinajstić information content (AvgIpc) is 2.17. The maximum atomic E-state index is 5.43. The second-order valence-corrected chi connectivity index (χ2v) is 2.03. The molecule has 1 aromatic heterocycles. The normalized spacial score (nSPS) is 10.0. The predicted octanol–water partition coefficient (Wildman–Crippen LogP) is 0.829. The summed E-state index contributed by atoms with van der Waals surface area (Å²) in [6, 6.07) is 1.66. The molecule has 0 radical (unpaired) electrons. The van der Waals surface area contributed by atoms with E-state index in [9.17, 15) is 0 Å². The number of aromatic nitrogens is 1. The second kappa shape index (κ2) is 2.85. The first kappa shape index (κ1) is 6.58. The van der Waals surface area contributed by atoms with E-state index in [1.54, 1.807) is 6.07 Å². The third-order valence-corrected chi connectivity index (χ3v) is 1.11. The number of hydrogen-bond acceptors (Lipinski definition) is 3. The van der Waals surface area contributed by atoms with Gasteiger partial charge in [0, 0.05) is 12.5 Å². The van der Waals surface area contributed by atoms with Gasteiger partial charge in [0.15, 0.2) is 0 Å². The smallest absolute Gasteiger partial charge is 0.226 e. The minimum Gasteiger partial charge on any atom is -0.344 e. The Morgan fingerprint density at radius 3 is 3.00 bits per heavy atom. The van der Waals surface area contributed by atoms with E-state index >= 15 is 0 Å². The van der Waals surface area contributed by atoms with Crippen LogP contribution in [0.5, 0.6) is 0 Å². The molecule has 3 nitrogen and oxygen atoms in total. The molecule has 0 aromatic carbocycles. The molecule has 0 saturated carbocycles. The van der Waals surface area contributed by atoms with Crippen molar-refractivity contribution in [1.29, 1.82) is 0 Å². The standard InChI is InChI=1S/C5H7ClN2O/c6-5-3-4(1-2-7)8-9-5/h3H,1-2,7H2. The maximum absolute atomic E-state index is 5.43. The lowest BCUT2D eigenvalue weighted by Crippen LogP contribution is -2.02. The molecule has 1 rings (SSSR count). The van der Waals surface area contributed by atoms with Crippen molar-refractivity contribution in [1.82, 2.24) is 5.16 Å². The molecule has 0 unspecified atom stereocenters. The van der Waals surface area contributed by atoms with Crippen molar-refractivity contribution in [2.24, 2.45) is 5.73 Å². The SMILES string of the molecule is NCCc1cc(Cl)on1. The van der Waals surface area contributed by atoms with E-state index in [-0.39, 0.29) is 0 Å². The second-order valence-electron chi connectivity index (χ2n) is 1.66. The number of nitrogens with two attached hydrogens (primary N) is 1. The number of nitrogens with zero attached hydrogens (tertiary/aromatic N) is 1. The number of hydrogen-bond donors (Lipinski definition) is 1. The van der Waals surface area contributed by atoms with E-state index in [2.05, 4.69) is 9.68 Å². The molecule has 4 heteroatoms. The van der Waals surface area contributed by atoms with Gasteiger partial charge in [-0.1, -0.05) is 5.16 Å². The first-order chi connectivity index (χ1) is 4.33. The fraction of sp³-hybridized carbons (Fsp3) is 0.400. The van der Waals surface area contributed by atoms with Gasteiger partial charge in [0.2, 0.25) is 5.22 Å². The molecule has 50 valence electrons. The quantitative estimate of drug-likeness (QED) is 0.673. The molecule has 0 spiro atoms. The summed E-state index contributed by atoms with van der Waals surface area (Å²) in [5.74, 6) is 0. The monoisotopic (exact) mass is 146 g/mol. The zero-order chi connectivity index (χ0) is 6.69. The Bertz CT molecular complexity index is 187. The van der Waals surface area contributed by atoms with Crippen LogP contribution < -0.4 is 5.73 Å². The fourth-order valence-corrected chi connectivity index (χ4v) is 0.712. The Kier molecular flexibility index (Phi) is 2.08. The van der Waals surface area contributed by atoms with Crippen molar-refractivity contribution in [2.45, 2.75) is 6.42 Å². The van der Waals surface area contributed by atoms with Gasteiger partial charge >= 0.3 is 0 Å². The summed E-state index contributed by atoms with van der Waals surface area (Å²) in [6.45, 7) is 0.572. The van der Waals surface area contributed by atoms with Crippen molar-refractivity contribution in [2.75, 3.05) is 6.54 Å². The van der Waals surface area contributed by atoms with E-state index in [4.69, 9.17) is 17.3 Å². The highest BCUT2D eigenvalue weighted by atomic mass is 35.5. The van der Waals surface area contributed by atoms with Crippen LogP contribution in [0.15, 0.2) is 10.6 Å². The zero-order valence-corrected chi connectivity index (χ0v) is 5.56. The Morgan fingerprint density at radius 1 is 1.78 bits per heavy atom. The minimum atomic E-state index is 0.318. The molecule has 0 fully saturated rings. The number of rotatable bonds is 2. The largest absolute Gasteiger partial charge is 0.344 e. The van der Waals surface area contributed by atoms with Crippen LogP contribution in [0.2, 0.25) is 5.22 Å². The van der Waals surface area contributed by atoms with Gasteiger partial charge in [-0.05, 0) is 18.1 Å². The van der Waals surface area contributed by atoms with E-state index in [1.165, 1.54) is 0 Å². The van der Waals surface area contributed by atoms with Crippen LogP contribution in [0.3, 0.4) is 0 Å². The van der Waals surface area contributed by atoms with Gasteiger partial charge in [-0.3, -0.25) is 0 Å². The van der Waals surface area contributed by atoms with Gasteiger partial charge in [0.25, 0.3) is 0 Å². The van der Waals surface area contributed by atoms with Gasteiger partial charge < -0.3 is 10.3 Å². The van der Waals surface area contributed by atoms with Crippen LogP contribution >= 0.6 is 11.6 Å². The summed E-state index contributed by atoms with van der Waals surface area (Å²) in [5.41, 5.74) is 6.05. The first-order valence-electron chi connectivity index (χ1n) is 2.64. The molecule has 0 amide bonds. The number of halogens is 1. The molecule has 0 atom stereocenters. The minimum absolute atomic E-state index is 0.318. The van der Waals surface area contributed by atoms with Gasteiger partial charge in [0.1, 0.15) is 0 Å². The van der Waals surface area contributed by atoms with Crippen molar-refractivity contribution in [3.05, 3.63) is 17.0 Å². The molecule has 0 saturated heterocycles. The van der Waals surface area contributed by atoms with Gasteiger partial charge in [-0.15, -0.1) is 0 Å². The van der Waals surface area contributed by atoms with Crippen LogP contribution in [0.4, 0.5) is 0 Å². The van der Waals surface area contributed by atoms with Crippen molar-refractivity contribution in [3.63, 3.8) is 0 Å². The van der Waals surface area contributed by atoms with Crippen LogP contribution in [-0.2, 0) is 6.42 Å². The Labute approximate surface area is 57.8 Å². The van der Waals surface area contributed by atoms with Crippen LogP contribution in [0.1, 0.15) is 5.69 Å². The van der Waals surface area contributed by atoms with Crippen LogP contribution in [-0.4, -0.2) is 11.7 Å². The molecule has 0 aliphatic heterocycles. The van der Waals surface area contributed by atoms with E-state index in [1.807, 2.05) is 0 Å². The molecule has 0 aliphatic rings. The lowest BCUT2D eigenvalue weighted by molar-refractivity contribution is 0.413. The summed E-state index contributed by atoms with van der Waals surface area (Å²) in [6.07, 6.45) is 0.718. The van der Waals surface area contributed by atoms with Crippen LogP contribution in [0, 0.1) is 0 Å². The zero-order valence-electron chi connectivity index (χ0n) is 4.80. The first-order valence-corrected chi connectivity index (χ1v) is 3.02. The molecule has 1 aromatic rings. The summed E-state index contributed by atoms with van der Waals surface area (Å²) in [4.78, 5) is 0. The highest BCUT2D eigenvalue weighted by Crippen LogP contribution is 2.08. The fourth-order valence-electron chi connectivity index (χ4n) is 0.552. The highest BCUT2D eigenvalue weighted by Gasteiger charge is 1.97. The molecule has 1 heterocycles. The molecule has 0 aliphatic carbocycles. The van der Waals surface area contributed by atoms with E-state index in [0.29, 0.717) is 11.8 Å². The lowest BCUT2D eigenvalue weighted by Gasteiger charge is -1.83. The van der Waals surface area contributed by atoms with E-state index in [0.717, 1.165) is 12.1 Å². The lowest BCUT2D eigenvalue weighted by atomic mass is 10.3. The van der Waals surface area contributed by atoms with Crippen molar-refractivity contribution >= 4 is 11.6 Å². The predicted molar refractivity (Wildman–Crippen MR) is 34.3 cm³/mol. The van der Waals surface area contributed by atoms with Gasteiger partial charge in [0.05, 0.1) is 5.69 Å². The van der Waals surface area contributed by atoms with Gasteiger partial charge in [-0.2, -0.15) is 0 Å². The maximum Gasteiger partial charge on any atom is 0.226 e. The third kappa shape index (κ3) is 1.69. The van der Waals surface area contributed by atoms with Crippen molar-refractivity contribution < 1.29 is 4.52 Å². The average molecular weight is 147 g/mol. The molecule has 2 N–H and O–H groups in total. The van der Waals surface area contributed by atoms with Gasteiger partial charge in [-0.25, -0.2) is 0 Å². The third-order valence-electron chi connectivity index (χ3n) is 0.931. The molecular formula is C5H7ClN2O. The molecule has 9 heavy (non-hydrogen) atoms. The summed E-state index contributed by atoms with van der Waals surface area (Å²) in [5, 5.41) is 3.94. The molecular weight excluding hydrogens is 140 g/mol. The Morgan fingerprint density at radius 2 is 2.56 bits per heavy atom. The molecule has 0 bridgehead atoms. The Balaban J connectivity index is 2.61. The van der Waals surface area contributed by atoms with E-state index < -0.39 is 0 Å². The summed E-state index contributed by atoms with van der Waals surface area (Å²) < 4.78 is 4.58. The summed E-state index contributed by atoms with van der Waals surface area (Å²) in [7, 11) is 0. The summed E-state index contributed by atoms with van der Waals surface area (Å²) >= 11 is 5.43. The Hall–Kier alpha value is -0.540. The van der Waals surface area contributed by atoms with Crippen molar-refractivity contribution in [3.8, 4) is 0 Å².